The molecule has 102 valence electrons. The third-order valence-electron chi connectivity index (χ3n) is 3.70. The number of aromatic nitrogens is 4. The van der Waals surface area contributed by atoms with Crippen LogP contribution in [0.3, 0.4) is 0 Å². The van der Waals surface area contributed by atoms with Gasteiger partial charge in [0.2, 0.25) is 0 Å². The summed E-state index contributed by atoms with van der Waals surface area (Å²) in [5, 5.41) is 12.5. The van der Waals surface area contributed by atoms with Gasteiger partial charge in [-0.05, 0) is 19.3 Å². The van der Waals surface area contributed by atoms with Gasteiger partial charge in [0.25, 0.3) is 0 Å². The Hall–Kier alpha value is -1.78. The van der Waals surface area contributed by atoms with Crippen molar-refractivity contribution in [1.82, 2.24) is 19.6 Å². The van der Waals surface area contributed by atoms with Crippen molar-refractivity contribution < 1.29 is 0 Å². The molecule has 5 heteroatoms. The predicted molar refractivity (Wildman–Crippen MR) is 75.3 cm³/mol. The molecule has 3 rings (SSSR count). The SMILES string of the molecule is CCCCc1cc2n(n1)C(c1cnn(C)c1)CCN2. The molecule has 1 atom stereocenters. The fraction of sp³-hybridized carbons (Fsp3) is 0.571. The van der Waals surface area contributed by atoms with Gasteiger partial charge in [-0.3, -0.25) is 4.68 Å². The molecule has 0 aliphatic carbocycles. The van der Waals surface area contributed by atoms with Crippen molar-refractivity contribution in [2.75, 3.05) is 11.9 Å². The summed E-state index contributed by atoms with van der Waals surface area (Å²) in [4.78, 5) is 0. The lowest BCUT2D eigenvalue weighted by atomic mass is 10.1. The van der Waals surface area contributed by atoms with Crippen LogP contribution in [0.15, 0.2) is 18.5 Å². The number of nitrogens with one attached hydrogen (secondary N) is 1. The zero-order valence-electron chi connectivity index (χ0n) is 11.6. The van der Waals surface area contributed by atoms with Gasteiger partial charge in [0, 0.05) is 31.4 Å². The summed E-state index contributed by atoms with van der Waals surface area (Å²) in [7, 11) is 1.96. The number of hydrogen-bond donors (Lipinski definition) is 1. The van der Waals surface area contributed by atoms with Crippen LogP contribution in [-0.2, 0) is 13.5 Å². The number of unbranched alkanes of at least 4 members (excludes halogenated alkanes) is 1. The molecule has 0 saturated heterocycles. The summed E-state index contributed by atoms with van der Waals surface area (Å²) < 4.78 is 3.99. The second-order valence-corrected chi connectivity index (χ2v) is 5.25. The molecule has 1 aliphatic rings. The van der Waals surface area contributed by atoms with Crippen molar-refractivity contribution in [2.24, 2.45) is 7.05 Å². The lowest BCUT2D eigenvalue weighted by molar-refractivity contribution is 0.477. The summed E-state index contributed by atoms with van der Waals surface area (Å²) in [6, 6.07) is 2.51. The summed E-state index contributed by atoms with van der Waals surface area (Å²) in [6.45, 7) is 3.21. The summed E-state index contributed by atoms with van der Waals surface area (Å²) in [6.07, 6.45) is 8.58. The van der Waals surface area contributed by atoms with Gasteiger partial charge < -0.3 is 5.32 Å². The molecule has 0 bridgehead atoms. The van der Waals surface area contributed by atoms with E-state index in [2.05, 4.69) is 34.3 Å². The van der Waals surface area contributed by atoms with Gasteiger partial charge in [0.15, 0.2) is 0 Å². The van der Waals surface area contributed by atoms with Gasteiger partial charge in [-0.1, -0.05) is 13.3 Å². The number of aryl methyl sites for hydroxylation is 2. The number of nitrogens with zero attached hydrogens (tertiary/aromatic N) is 4. The zero-order chi connectivity index (χ0) is 13.2. The van der Waals surface area contributed by atoms with Crippen LogP contribution in [0.4, 0.5) is 5.82 Å². The fourth-order valence-electron chi connectivity index (χ4n) is 2.67. The Labute approximate surface area is 113 Å². The van der Waals surface area contributed by atoms with Crippen molar-refractivity contribution >= 4 is 5.82 Å². The molecular weight excluding hydrogens is 238 g/mol. The third-order valence-corrected chi connectivity index (χ3v) is 3.70. The molecule has 2 aromatic rings. The molecule has 2 aromatic heterocycles. The number of hydrogen-bond acceptors (Lipinski definition) is 3. The first-order chi connectivity index (χ1) is 9.28. The summed E-state index contributed by atoms with van der Waals surface area (Å²) >= 11 is 0. The van der Waals surface area contributed by atoms with Crippen molar-refractivity contribution in [3.05, 3.63) is 29.7 Å². The number of anilines is 1. The lowest BCUT2D eigenvalue weighted by Gasteiger charge is -2.24. The normalized spacial score (nSPS) is 18.1. The van der Waals surface area contributed by atoms with Gasteiger partial charge >= 0.3 is 0 Å². The first-order valence-corrected chi connectivity index (χ1v) is 7.08. The van der Waals surface area contributed by atoms with E-state index in [1.807, 2.05) is 17.9 Å². The van der Waals surface area contributed by atoms with Crippen LogP contribution < -0.4 is 5.32 Å². The fourth-order valence-corrected chi connectivity index (χ4v) is 2.67. The lowest BCUT2D eigenvalue weighted by Crippen LogP contribution is -2.24. The first-order valence-electron chi connectivity index (χ1n) is 7.08. The standard InChI is InChI=1S/C14H21N5/c1-3-4-5-12-8-14-15-7-6-13(19(14)17-12)11-9-16-18(2)10-11/h8-10,13,15H,3-7H2,1-2H3. The highest BCUT2D eigenvalue weighted by molar-refractivity contribution is 5.41. The molecule has 1 aliphatic heterocycles. The average Bonchev–Trinajstić information content (AvgIpc) is 3.01. The minimum Gasteiger partial charge on any atom is -0.370 e. The van der Waals surface area contributed by atoms with E-state index in [4.69, 9.17) is 5.10 Å². The largest absolute Gasteiger partial charge is 0.370 e. The smallest absolute Gasteiger partial charge is 0.125 e. The molecule has 0 spiro atoms. The van der Waals surface area contributed by atoms with Crippen molar-refractivity contribution in [3.8, 4) is 0 Å². The third kappa shape index (κ3) is 2.37. The second-order valence-electron chi connectivity index (χ2n) is 5.25. The Balaban J connectivity index is 1.88. The van der Waals surface area contributed by atoms with E-state index in [1.165, 1.54) is 24.1 Å². The van der Waals surface area contributed by atoms with Crippen molar-refractivity contribution in [1.29, 1.82) is 0 Å². The Morgan fingerprint density at radius 2 is 2.37 bits per heavy atom. The molecule has 1 N–H and O–H groups in total. The number of fused-ring (bicyclic) bond motifs is 1. The van der Waals surface area contributed by atoms with Crippen LogP contribution in [0.5, 0.6) is 0 Å². The Morgan fingerprint density at radius 3 is 3.11 bits per heavy atom. The van der Waals surface area contributed by atoms with Crippen molar-refractivity contribution in [3.63, 3.8) is 0 Å². The highest BCUT2D eigenvalue weighted by Gasteiger charge is 2.23. The molecule has 0 fully saturated rings. The molecule has 0 radical (unpaired) electrons. The average molecular weight is 259 g/mol. The second kappa shape index (κ2) is 5.07. The van der Waals surface area contributed by atoms with Crippen LogP contribution in [0.2, 0.25) is 0 Å². The van der Waals surface area contributed by atoms with Gasteiger partial charge in [0.1, 0.15) is 5.82 Å². The maximum Gasteiger partial charge on any atom is 0.125 e. The molecule has 0 saturated carbocycles. The first kappa shape index (κ1) is 12.3. The molecular formula is C14H21N5. The maximum absolute atomic E-state index is 4.77. The summed E-state index contributed by atoms with van der Waals surface area (Å²) in [5.74, 6) is 1.14. The topological polar surface area (TPSA) is 47.7 Å². The Bertz CT molecular complexity index is 554. The summed E-state index contributed by atoms with van der Waals surface area (Å²) in [5.41, 5.74) is 2.44. The van der Waals surface area contributed by atoms with Crippen LogP contribution in [-0.4, -0.2) is 26.1 Å². The van der Waals surface area contributed by atoms with E-state index in [0.29, 0.717) is 6.04 Å². The monoisotopic (exact) mass is 259 g/mol. The van der Waals surface area contributed by atoms with E-state index < -0.39 is 0 Å². The molecule has 19 heavy (non-hydrogen) atoms. The van der Waals surface area contributed by atoms with Gasteiger partial charge in [-0.2, -0.15) is 10.2 Å². The maximum atomic E-state index is 4.77. The quantitative estimate of drug-likeness (QED) is 0.917. The van der Waals surface area contributed by atoms with Crippen LogP contribution >= 0.6 is 0 Å². The molecule has 1 unspecified atom stereocenters. The molecule has 5 nitrogen and oxygen atoms in total. The van der Waals surface area contributed by atoms with Crippen LogP contribution in [0.1, 0.15) is 43.5 Å². The molecule has 0 aromatic carbocycles. The molecule has 3 heterocycles. The molecule has 0 amide bonds. The van der Waals surface area contributed by atoms with E-state index >= 15 is 0 Å². The van der Waals surface area contributed by atoms with E-state index in [1.54, 1.807) is 0 Å². The van der Waals surface area contributed by atoms with Crippen LogP contribution in [0.25, 0.3) is 0 Å². The van der Waals surface area contributed by atoms with E-state index in [0.717, 1.165) is 25.2 Å². The Kier molecular flexibility index (Phi) is 3.27. The van der Waals surface area contributed by atoms with Gasteiger partial charge in [-0.25, -0.2) is 4.68 Å². The van der Waals surface area contributed by atoms with Gasteiger partial charge in [0.05, 0.1) is 17.9 Å². The predicted octanol–water partition coefficient (Wildman–Crippen LogP) is 2.36. The highest BCUT2D eigenvalue weighted by Crippen LogP contribution is 2.29. The van der Waals surface area contributed by atoms with E-state index in [-0.39, 0.29) is 0 Å². The minimum absolute atomic E-state index is 0.320. The van der Waals surface area contributed by atoms with Crippen LogP contribution in [0, 0.1) is 0 Å². The van der Waals surface area contributed by atoms with Crippen molar-refractivity contribution in [2.45, 2.75) is 38.6 Å². The zero-order valence-corrected chi connectivity index (χ0v) is 11.6. The number of rotatable bonds is 4. The van der Waals surface area contributed by atoms with Gasteiger partial charge in [-0.15, -0.1) is 0 Å². The minimum atomic E-state index is 0.320. The highest BCUT2D eigenvalue weighted by atomic mass is 15.4. The Morgan fingerprint density at radius 1 is 1.47 bits per heavy atom. The van der Waals surface area contributed by atoms with E-state index in [9.17, 15) is 0 Å².